The largest absolute Gasteiger partial charge is 0.488 e. The van der Waals surface area contributed by atoms with Gasteiger partial charge in [0.25, 0.3) is 0 Å². The Labute approximate surface area is 123 Å². The Balaban J connectivity index is 2.14. The maximum absolute atomic E-state index is 13.0. The van der Waals surface area contributed by atoms with E-state index in [1.54, 1.807) is 24.3 Å². The van der Waals surface area contributed by atoms with Crippen molar-refractivity contribution in [1.82, 2.24) is 0 Å². The summed E-state index contributed by atoms with van der Waals surface area (Å²) >= 11 is 9.12. The summed E-state index contributed by atoms with van der Waals surface area (Å²) in [5.74, 6) is 0.251. The van der Waals surface area contributed by atoms with Gasteiger partial charge in [0.2, 0.25) is 0 Å². The molecule has 0 aliphatic rings. The lowest BCUT2D eigenvalue weighted by molar-refractivity contribution is 0.259. The van der Waals surface area contributed by atoms with Crippen LogP contribution < -0.4 is 4.74 Å². The van der Waals surface area contributed by atoms with Crippen LogP contribution in [0.25, 0.3) is 0 Å². The zero-order valence-corrected chi connectivity index (χ0v) is 12.2. The van der Waals surface area contributed by atoms with E-state index >= 15 is 0 Å². The second-order valence-corrected chi connectivity index (χ2v) is 5.23. The van der Waals surface area contributed by atoms with Gasteiger partial charge < -0.3 is 9.84 Å². The number of benzene rings is 2. The lowest BCUT2D eigenvalue weighted by atomic mass is 10.2. The minimum Gasteiger partial charge on any atom is -0.488 e. The lowest BCUT2D eigenvalue weighted by Crippen LogP contribution is -2.00. The van der Waals surface area contributed by atoms with Crippen molar-refractivity contribution in [2.45, 2.75) is 13.2 Å². The van der Waals surface area contributed by atoms with Crippen molar-refractivity contribution in [3.8, 4) is 5.75 Å². The Kier molecular flexibility index (Phi) is 4.80. The van der Waals surface area contributed by atoms with Gasteiger partial charge in [-0.3, -0.25) is 0 Å². The van der Waals surface area contributed by atoms with Gasteiger partial charge in [0.05, 0.1) is 6.61 Å². The number of aliphatic hydroxyl groups is 1. The molecule has 100 valence electrons. The summed E-state index contributed by atoms with van der Waals surface area (Å²) in [6.45, 7) is 0.121. The van der Waals surface area contributed by atoms with Crippen LogP contribution in [-0.4, -0.2) is 5.11 Å². The third-order valence-electron chi connectivity index (χ3n) is 2.59. The van der Waals surface area contributed by atoms with Crippen molar-refractivity contribution in [3.63, 3.8) is 0 Å². The Hall–Kier alpha value is -1.10. The monoisotopic (exact) mass is 344 g/mol. The normalized spacial score (nSPS) is 10.5. The first-order chi connectivity index (χ1) is 9.10. The first-order valence-electron chi connectivity index (χ1n) is 5.56. The average molecular weight is 346 g/mol. The molecule has 0 aliphatic carbocycles. The third-order valence-corrected chi connectivity index (χ3v) is 3.56. The molecular weight excluding hydrogens is 335 g/mol. The Morgan fingerprint density at radius 1 is 1.16 bits per heavy atom. The van der Waals surface area contributed by atoms with E-state index in [-0.39, 0.29) is 19.0 Å². The number of halogens is 3. The van der Waals surface area contributed by atoms with Gasteiger partial charge in [-0.1, -0.05) is 33.6 Å². The molecule has 0 aliphatic heterocycles. The Morgan fingerprint density at radius 2 is 1.95 bits per heavy atom. The molecule has 2 aromatic rings. The molecule has 0 aromatic heterocycles. The molecule has 0 unspecified atom stereocenters. The molecule has 0 atom stereocenters. The molecule has 0 amide bonds. The van der Waals surface area contributed by atoms with Crippen LogP contribution in [0.4, 0.5) is 4.39 Å². The van der Waals surface area contributed by atoms with Gasteiger partial charge in [0.15, 0.2) is 0 Å². The molecule has 0 saturated carbocycles. The smallest absolute Gasteiger partial charge is 0.125 e. The zero-order valence-electron chi connectivity index (χ0n) is 9.87. The van der Waals surface area contributed by atoms with E-state index in [0.29, 0.717) is 20.8 Å². The zero-order chi connectivity index (χ0) is 13.8. The summed E-state index contributed by atoms with van der Waals surface area (Å²) in [6.07, 6.45) is 0. The minimum atomic E-state index is -0.307. The van der Waals surface area contributed by atoms with Crippen molar-refractivity contribution in [3.05, 3.63) is 62.8 Å². The molecule has 19 heavy (non-hydrogen) atoms. The fourth-order valence-corrected chi connectivity index (χ4v) is 2.27. The Morgan fingerprint density at radius 3 is 2.63 bits per heavy atom. The average Bonchev–Trinajstić information content (AvgIpc) is 2.39. The van der Waals surface area contributed by atoms with Crippen molar-refractivity contribution < 1.29 is 14.2 Å². The Bertz CT molecular complexity index is 590. The second kappa shape index (κ2) is 6.37. The molecule has 0 bridgehead atoms. The minimum absolute atomic E-state index is 0.152. The number of aliphatic hydroxyl groups excluding tert-OH is 1. The van der Waals surface area contributed by atoms with Gasteiger partial charge in [-0.25, -0.2) is 4.39 Å². The predicted octanol–water partition coefficient (Wildman–Crippen LogP) is 4.31. The van der Waals surface area contributed by atoms with Crippen LogP contribution in [-0.2, 0) is 13.2 Å². The van der Waals surface area contributed by atoms with Crippen molar-refractivity contribution >= 4 is 27.5 Å². The standard InChI is InChI=1S/C14H11BrClFO2/c15-13-6-12(17)3-1-9(13)8-19-14-4-2-11(16)5-10(14)7-18/h1-6,18H,7-8H2. The fraction of sp³-hybridized carbons (Fsp3) is 0.143. The first kappa shape index (κ1) is 14.3. The third kappa shape index (κ3) is 3.69. The maximum atomic E-state index is 13.0. The summed E-state index contributed by atoms with van der Waals surface area (Å²) in [7, 11) is 0. The highest BCUT2D eigenvalue weighted by molar-refractivity contribution is 9.10. The van der Waals surface area contributed by atoms with E-state index in [1.807, 2.05) is 0 Å². The molecular formula is C14H11BrClFO2. The van der Waals surface area contributed by atoms with Crippen LogP contribution in [0.2, 0.25) is 5.02 Å². The molecule has 0 heterocycles. The lowest BCUT2D eigenvalue weighted by Gasteiger charge is -2.11. The number of hydrogen-bond acceptors (Lipinski definition) is 2. The summed E-state index contributed by atoms with van der Waals surface area (Å²) in [6, 6.07) is 9.44. The quantitative estimate of drug-likeness (QED) is 0.894. The van der Waals surface area contributed by atoms with Crippen LogP contribution in [0, 0.1) is 5.82 Å². The molecule has 2 aromatic carbocycles. The molecule has 0 radical (unpaired) electrons. The van der Waals surface area contributed by atoms with Crippen molar-refractivity contribution in [1.29, 1.82) is 0 Å². The maximum Gasteiger partial charge on any atom is 0.125 e. The van der Waals surface area contributed by atoms with Gasteiger partial charge in [-0.05, 0) is 30.3 Å². The summed E-state index contributed by atoms with van der Waals surface area (Å²) < 4.78 is 19.2. The number of ether oxygens (including phenoxy) is 1. The molecule has 0 saturated heterocycles. The molecule has 1 N–H and O–H groups in total. The van der Waals surface area contributed by atoms with E-state index < -0.39 is 0 Å². The summed E-state index contributed by atoms with van der Waals surface area (Å²) in [5, 5.41) is 9.77. The number of rotatable bonds is 4. The number of hydrogen-bond donors (Lipinski definition) is 1. The van der Waals surface area contributed by atoms with E-state index in [4.69, 9.17) is 16.3 Å². The van der Waals surface area contributed by atoms with E-state index in [9.17, 15) is 9.50 Å². The topological polar surface area (TPSA) is 29.5 Å². The van der Waals surface area contributed by atoms with Crippen molar-refractivity contribution in [2.24, 2.45) is 0 Å². The highest BCUT2D eigenvalue weighted by atomic mass is 79.9. The van der Waals surface area contributed by atoms with Crippen LogP contribution in [0.5, 0.6) is 5.75 Å². The highest BCUT2D eigenvalue weighted by Gasteiger charge is 2.06. The molecule has 2 nitrogen and oxygen atoms in total. The second-order valence-electron chi connectivity index (χ2n) is 3.93. The van der Waals surface area contributed by atoms with Gasteiger partial charge >= 0.3 is 0 Å². The van der Waals surface area contributed by atoms with Crippen LogP contribution in [0.1, 0.15) is 11.1 Å². The van der Waals surface area contributed by atoms with E-state index in [0.717, 1.165) is 5.56 Å². The van der Waals surface area contributed by atoms with Gasteiger partial charge in [0.1, 0.15) is 18.2 Å². The van der Waals surface area contributed by atoms with E-state index in [1.165, 1.54) is 12.1 Å². The van der Waals surface area contributed by atoms with Crippen LogP contribution in [0.15, 0.2) is 40.9 Å². The van der Waals surface area contributed by atoms with E-state index in [2.05, 4.69) is 15.9 Å². The van der Waals surface area contributed by atoms with Crippen LogP contribution in [0.3, 0.4) is 0 Å². The summed E-state index contributed by atoms with van der Waals surface area (Å²) in [5.41, 5.74) is 1.44. The molecule has 5 heteroatoms. The van der Waals surface area contributed by atoms with Crippen LogP contribution >= 0.6 is 27.5 Å². The van der Waals surface area contributed by atoms with Crippen molar-refractivity contribution in [2.75, 3.05) is 0 Å². The molecule has 0 spiro atoms. The van der Waals surface area contributed by atoms with Gasteiger partial charge in [-0.15, -0.1) is 0 Å². The van der Waals surface area contributed by atoms with Gasteiger partial charge in [-0.2, -0.15) is 0 Å². The summed E-state index contributed by atoms with van der Waals surface area (Å²) in [4.78, 5) is 0. The molecule has 2 rings (SSSR count). The molecule has 0 fully saturated rings. The first-order valence-corrected chi connectivity index (χ1v) is 6.73. The SMILES string of the molecule is OCc1cc(Cl)ccc1OCc1ccc(F)cc1Br. The highest BCUT2D eigenvalue weighted by Crippen LogP contribution is 2.25. The van der Waals surface area contributed by atoms with Gasteiger partial charge in [0, 0.05) is 20.6 Å². The predicted molar refractivity (Wildman–Crippen MR) is 75.8 cm³/mol. The fourth-order valence-electron chi connectivity index (χ4n) is 1.61.